The summed E-state index contributed by atoms with van der Waals surface area (Å²) in [7, 11) is 0. The summed E-state index contributed by atoms with van der Waals surface area (Å²) < 4.78 is 1.04. The highest BCUT2D eigenvalue weighted by atomic mass is 79.9. The highest BCUT2D eigenvalue weighted by Crippen LogP contribution is 2.51. The second kappa shape index (κ2) is 4.18. The Morgan fingerprint density at radius 2 is 2.00 bits per heavy atom. The van der Waals surface area contributed by atoms with Gasteiger partial charge in [0.15, 0.2) is 0 Å². The molecule has 1 atom stereocenters. The smallest absolute Gasteiger partial charge is 0.320 e. The lowest BCUT2D eigenvalue weighted by Gasteiger charge is -2.18. The highest BCUT2D eigenvalue weighted by molar-refractivity contribution is 9.10. The fourth-order valence-corrected chi connectivity index (χ4v) is 2.34. The van der Waals surface area contributed by atoms with Gasteiger partial charge in [0.1, 0.15) is 6.04 Å². The van der Waals surface area contributed by atoms with E-state index >= 15 is 0 Å². The van der Waals surface area contributed by atoms with Crippen molar-refractivity contribution in [2.75, 3.05) is 0 Å². The third-order valence-electron chi connectivity index (χ3n) is 3.24. The molecular formula is C12H14BrNO2. The first-order valence-corrected chi connectivity index (χ1v) is 6.07. The number of carbonyl (C=O) groups is 1. The third-order valence-corrected chi connectivity index (χ3v) is 3.77. The molecule has 1 aliphatic rings. The van der Waals surface area contributed by atoms with Crippen LogP contribution in [0.2, 0.25) is 0 Å². The standard InChI is InChI=1S/C12H14BrNO2/c13-9-3-1-8(2-4-9)12(5-6-12)7-10(14)11(15)16/h1-4,10H,5-7,14H2,(H,15,16). The van der Waals surface area contributed by atoms with Gasteiger partial charge in [0, 0.05) is 4.47 Å². The normalized spacial score (nSPS) is 19.1. The Morgan fingerprint density at radius 1 is 1.44 bits per heavy atom. The first kappa shape index (κ1) is 11.6. The number of hydrogen-bond donors (Lipinski definition) is 2. The van der Waals surface area contributed by atoms with Crippen LogP contribution >= 0.6 is 15.9 Å². The van der Waals surface area contributed by atoms with E-state index in [9.17, 15) is 4.79 Å². The topological polar surface area (TPSA) is 63.3 Å². The van der Waals surface area contributed by atoms with E-state index in [1.807, 2.05) is 24.3 Å². The highest BCUT2D eigenvalue weighted by Gasteiger charge is 2.46. The molecule has 1 fully saturated rings. The van der Waals surface area contributed by atoms with E-state index in [0.29, 0.717) is 6.42 Å². The van der Waals surface area contributed by atoms with Crippen molar-refractivity contribution in [3.63, 3.8) is 0 Å². The number of halogens is 1. The molecule has 1 aromatic rings. The predicted molar refractivity (Wildman–Crippen MR) is 65.3 cm³/mol. The minimum absolute atomic E-state index is 0.0124. The van der Waals surface area contributed by atoms with Crippen LogP contribution < -0.4 is 5.73 Å². The summed E-state index contributed by atoms with van der Waals surface area (Å²) in [5.74, 6) is -0.914. The molecule has 0 radical (unpaired) electrons. The van der Waals surface area contributed by atoms with E-state index in [2.05, 4.69) is 15.9 Å². The van der Waals surface area contributed by atoms with Gasteiger partial charge in [-0.15, -0.1) is 0 Å². The molecule has 0 aliphatic heterocycles. The van der Waals surface area contributed by atoms with Gasteiger partial charge in [-0.1, -0.05) is 28.1 Å². The molecule has 1 aliphatic carbocycles. The first-order valence-electron chi connectivity index (χ1n) is 5.28. The molecule has 0 spiro atoms. The number of carboxylic acids is 1. The third kappa shape index (κ3) is 2.28. The van der Waals surface area contributed by atoms with Gasteiger partial charge in [-0.3, -0.25) is 4.79 Å². The molecule has 3 nitrogen and oxygen atoms in total. The number of hydrogen-bond acceptors (Lipinski definition) is 2. The molecule has 86 valence electrons. The fourth-order valence-electron chi connectivity index (χ4n) is 2.07. The quantitative estimate of drug-likeness (QED) is 0.891. The number of rotatable bonds is 4. The van der Waals surface area contributed by atoms with Crippen molar-refractivity contribution < 1.29 is 9.90 Å². The van der Waals surface area contributed by atoms with Crippen LogP contribution in [-0.4, -0.2) is 17.1 Å². The summed E-state index contributed by atoms with van der Waals surface area (Å²) >= 11 is 3.39. The summed E-state index contributed by atoms with van der Waals surface area (Å²) in [6, 6.07) is 7.31. The monoisotopic (exact) mass is 283 g/mol. The van der Waals surface area contributed by atoms with Crippen molar-refractivity contribution in [2.45, 2.75) is 30.7 Å². The van der Waals surface area contributed by atoms with Crippen LogP contribution in [0.3, 0.4) is 0 Å². The van der Waals surface area contributed by atoms with E-state index in [0.717, 1.165) is 17.3 Å². The van der Waals surface area contributed by atoms with E-state index in [-0.39, 0.29) is 5.41 Å². The van der Waals surface area contributed by atoms with Crippen LogP contribution in [-0.2, 0) is 10.2 Å². The van der Waals surface area contributed by atoms with Crippen molar-refractivity contribution >= 4 is 21.9 Å². The second-order valence-electron chi connectivity index (χ2n) is 4.44. The molecule has 4 heteroatoms. The minimum atomic E-state index is -0.914. The summed E-state index contributed by atoms with van der Waals surface area (Å²) in [4.78, 5) is 10.8. The molecule has 1 aromatic carbocycles. The van der Waals surface area contributed by atoms with E-state index in [4.69, 9.17) is 10.8 Å². The summed E-state index contributed by atoms with van der Waals surface area (Å²) in [6.45, 7) is 0. The predicted octanol–water partition coefficient (Wildman–Crippen LogP) is 2.28. The molecule has 1 saturated carbocycles. The molecule has 2 rings (SSSR count). The van der Waals surface area contributed by atoms with Crippen LogP contribution in [0.15, 0.2) is 28.7 Å². The van der Waals surface area contributed by atoms with Crippen molar-refractivity contribution in [1.29, 1.82) is 0 Å². The number of benzene rings is 1. The van der Waals surface area contributed by atoms with Crippen LogP contribution in [0.4, 0.5) is 0 Å². The lowest BCUT2D eigenvalue weighted by Crippen LogP contribution is -2.34. The van der Waals surface area contributed by atoms with Crippen LogP contribution in [0.5, 0.6) is 0 Å². The largest absolute Gasteiger partial charge is 0.480 e. The van der Waals surface area contributed by atoms with Gasteiger partial charge < -0.3 is 10.8 Å². The summed E-state index contributed by atoms with van der Waals surface area (Å²) in [5, 5.41) is 8.83. The van der Waals surface area contributed by atoms with Crippen molar-refractivity contribution in [3.05, 3.63) is 34.3 Å². The van der Waals surface area contributed by atoms with E-state index in [1.165, 1.54) is 5.56 Å². The van der Waals surface area contributed by atoms with Crippen molar-refractivity contribution in [2.24, 2.45) is 5.73 Å². The Labute approximate surface area is 103 Å². The van der Waals surface area contributed by atoms with Gasteiger partial charge in [0.2, 0.25) is 0 Å². The maximum absolute atomic E-state index is 10.8. The number of aliphatic carboxylic acids is 1. The number of carboxylic acid groups (broad SMARTS) is 1. The van der Waals surface area contributed by atoms with Crippen molar-refractivity contribution in [1.82, 2.24) is 0 Å². The molecule has 0 bridgehead atoms. The Balaban J connectivity index is 2.14. The van der Waals surface area contributed by atoms with E-state index in [1.54, 1.807) is 0 Å². The second-order valence-corrected chi connectivity index (χ2v) is 5.35. The van der Waals surface area contributed by atoms with E-state index < -0.39 is 12.0 Å². The first-order chi connectivity index (χ1) is 7.53. The fraction of sp³-hybridized carbons (Fsp3) is 0.417. The van der Waals surface area contributed by atoms with Crippen LogP contribution in [0.25, 0.3) is 0 Å². The lowest BCUT2D eigenvalue weighted by molar-refractivity contribution is -0.138. The van der Waals surface area contributed by atoms with Gasteiger partial charge >= 0.3 is 5.97 Å². The molecule has 0 saturated heterocycles. The van der Waals surface area contributed by atoms with Gasteiger partial charge in [-0.05, 0) is 42.4 Å². The summed E-state index contributed by atoms with van der Waals surface area (Å²) in [6.07, 6.45) is 2.61. The zero-order chi connectivity index (χ0) is 11.8. The average molecular weight is 284 g/mol. The molecule has 3 N–H and O–H groups in total. The zero-order valence-electron chi connectivity index (χ0n) is 8.82. The lowest BCUT2D eigenvalue weighted by atomic mass is 9.89. The Hall–Kier alpha value is -0.870. The summed E-state index contributed by atoms with van der Waals surface area (Å²) in [5.41, 5.74) is 6.81. The Morgan fingerprint density at radius 3 is 2.44 bits per heavy atom. The van der Waals surface area contributed by atoms with Gasteiger partial charge in [-0.25, -0.2) is 0 Å². The van der Waals surface area contributed by atoms with Gasteiger partial charge in [-0.2, -0.15) is 0 Å². The average Bonchev–Trinajstić information content (AvgIpc) is 2.99. The number of nitrogens with two attached hydrogens (primary N) is 1. The molecule has 0 heterocycles. The molecular weight excluding hydrogens is 270 g/mol. The Kier molecular flexibility index (Phi) is 3.04. The van der Waals surface area contributed by atoms with Gasteiger partial charge in [0.25, 0.3) is 0 Å². The molecule has 16 heavy (non-hydrogen) atoms. The zero-order valence-corrected chi connectivity index (χ0v) is 10.4. The van der Waals surface area contributed by atoms with Gasteiger partial charge in [0.05, 0.1) is 0 Å². The molecule has 0 amide bonds. The van der Waals surface area contributed by atoms with Crippen molar-refractivity contribution in [3.8, 4) is 0 Å². The molecule has 0 aromatic heterocycles. The Bertz CT molecular complexity index is 398. The maximum Gasteiger partial charge on any atom is 0.320 e. The minimum Gasteiger partial charge on any atom is -0.480 e. The molecule has 1 unspecified atom stereocenters. The maximum atomic E-state index is 10.8. The van der Waals surface area contributed by atoms with Crippen LogP contribution in [0, 0.1) is 0 Å². The SMILES string of the molecule is NC(CC1(c2ccc(Br)cc2)CC1)C(=O)O. The van der Waals surface area contributed by atoms with Crippen LogP contribution in [0.1, 0.15) is 24.8 Å².